The van der Waals surface area contributed by atoms with Crippen molar-refractivity contribution in [2.45, 2.75) is 42.5 Å². The molecule has 0 aliphatic rings. The Bertz CT molecular complexity index is 557. The number of aromatic nitrogens is 2. The predicted molar refractivity (Wildman–Crippen MR) is 89.5 cm³/mol. The van der Waals surface area contributed by atoms with E-state index in [1.54, 1.807) is 11.8 Å². The second-order valence-corrected chi connectivity index (χ2v) is 7.32. The van der Waals surface area contributed by atoms with Gasteiger partial charge in [0, 0.05) is 22.3 Å². The van der Waals surface area contributed by atoms with Crippen molar-refractivity contribution in [1.82, 2.24) is 14.7 Å². The lowest BCUT2D eigenvalue weighted by atomic mass is 10.2. The number of aryl methyl sites for hydroxylation is 1. The molecule has 0 fully saturated rings. The van der Waals surface area contributed by atoms with Gasteiger partial charge < -0.3 is 5.32 Å². The molecular weight excluding hydrogens is 354 g/mol. The van der Waals surface area contributed by atoms with E-state index < -0.39 is 0 Å². The maximum Gasteiger partial charge on any atom is 0.174 e. The summed E-state index contributed by atoms with van der Waals surface area (Å²) in [7, 11) is 0. The average Bonchev–Trinajstić information content (AvgIpc) is 2.90. The summed E-state index contributed by atoms with van der Waals surface area (Å²) in [5.74, 6) is 0.931. The Labute approximate surface area is 136 Å². The molecule has 0 saturated carbocycles. The molecule has 2 rings (SSSR count). The molecule has 1 aromatic heterocycles. The number of rotatable bonds is 7. The van der Waals surface area contributed by atoms with Gasteiger partial charge in [-0.2, -0.15) is 4.37 Å². The summed E-state index contributed by atoms with van der Waals surface area (Å²) in [5.41, 5.74) is 1.30. The predicted octanol–water partition coefficient (Wildman–Crippen LogP) is 4.51. The van der Waals surface area contributed by atoms with Gasteiger partial charge in [-0.15, -0.1) is 0 Å². The van der Waals surface area contributed by atoms with E-state index in [9.17, 15) is 0 Å². The maximum absolute atomic E-state index is 4.52. The maximum atomic E-state index is 4.52. The Balaban J connectivity index is 2.12. The lowest BCUT2D eigenvalue weighted by molar-refractivity contribution is 0.669. The minimum absolute atomic E-state index is 0.884. The molecule has 0 atom stereocenters. The van der Waals surface area contributed by atoms with Gasteiger partial charge in [0.2, 0.25) is 0 Å². The van der Waals surface area contributed by atoms with Gasteiger partial charge in [-0.1, -0.05) is 41.5 Å². The van der Waals surface area contributed by atoms with Gasteiger partial charge in [-0.25, -0.2) is 4.98 Å². The summed E-state index contributed by atoms with van der Waals surface area (Å²) in [6, 6.07) is 6.39. The van der Waals surface area contributed by atoms with Gasteiger partial charge in [0.05, 0.1) is 0 Å². The molecule has 6 heteroatoms. The van der Waals surface area contributed by atoms with Crippen LogP contribution in [0.2, 0.25) is 0 Å². The molecule has 0 spiro atoms. The second kappa shape index (κ2) is 8.12. The topological polar surface area (TPSA) is 37.8 Å². The molecule has 2 aromatic rings. The minimum Gasteiger partial charge on any atom is -0.313 e. The van der Waals surface area contributed by atoms with Crippen molar-refractivity contribution in [3.8, 4) is 0 Å². The highest BCUT2D eigenvalue weighted by molar-refractivity contribution is 9.10. The van der Waals surface area contributed by atoms with Crippen LogP contribution in [0, 0.1) is 0 Å². The van der Waals surface area contributed by atoms with Gasteiger partial charge in [0.1, 0.15) is 5.82 Å². The van der Waals surface area contributed by atoms with Crippen LogP contribution in [0.15, 0.2) is 31.9 Å². The summed E-state index contributed by atoms with van der Waals surface area (Å²) in [5, 5.41) is 3.45. The Kier molecular flexibility index (Phi) is 6.48. The fourth-order valence-electron chi connectivity index (χ4n) is 1.70. The fourth-order valence-corrected chi connectivity index (χ4v) is 3.88. The molecule has 1 aromatic carbocycles. The standard InChI is InChI=1S/C14H18BrN3S2/c1-3-7-16-9-10-8-11(15)5-6-12(10)19-14-17-13(4-2)18-20-14/h5-6,8,16H,3-4,7,9H2,1-2H3. The average molecular weight is 372 g/mol. The molecule has 0 amide bonds. The van der Waals surface area contributed by atoms with Crippen molar-refractivity contribution in [3.05, 3.63) is 34.1 Å². The number of hydrogen-bond donors (Lipinski definition) is 1. The largest absolute Gasteiger partial charge is 0.313 e. The molecule has 0 aliphatic heterocycles. The molecule has 0 bridgehead atoms. The van der Waals surface area contributed by atoms with E-state index in [1.807, 2.05) is 0 Å². The van der Waals surface area contributed by atoms with Crippen LogP contribution in [0.3, 0.4) is 0 Å². The van der Waals surface area contributed by atoms with E-state index in [-0.39, 0.29) is 0 Å². The quantitative estimate of drug-likeness (QED) is 0.726. The third-order valence-corrected chi connectivity index (χ3v) is 5.13. The van der Waals surface area contributed by atoms with Crippen molar-refractivity contribution in [1.29, 1.82) is 0 Å². The zero-order chi connectivity index (χ0) is 14.4. The third kappa shape index (κ3) is 4.55. The van der Waals surface area contributed by atoms with Crippen molar-refractivity contribution < 1.29 is 0 Å². The second-order valence-electron chi connectivity index (χ2n) is 4.36. The van der Waals surface area contributed by atoms with Crippen molar-refractivity contribution in [2.75, 3.05) is 6.54 Å². The van der Waals surface area contributed by atoms with Crippen LogP contribution in [0.25, 0.3) is 0 Å². The van der Waals surface area contributed by atoms with E-state index in [4.69, 9.17) is 0 Å². The number of halogens is 1. The number of benzene rings is 1. The monoisotopic (exact) mass is 371 g/mol. The molecule has 3 nitrogen and oxygen atoms in total. The lowest BCUT2D eigenvalue weighted by Crippen LogP contribution is -2.14. The number of nitrogens with zero attached hydrogens (tertiary/aromatic N) is 2. The van der Waals surface area contributed by atoms with E-state index in [2.05, 4.69) is 62.7 Å². The highest BCUT2D eigenvalue weighted by atomic mass is 79.9. The molecule has 20 heavy (non-hydrogen) atoms. The molecule has 0 unspecified atom stereocenters. The fraction of sp³-hybridized carbons (Fsp3) is 0.429. The summed E-state index contributed by atoms with van der Waals surface area (Å²) >= 11 is 6.72. The van der Waals surface area contributed by atoms with E-state index in [1.165, 1.54) is 22.0 Å². The normalized spacial score (nSPS) is 10.9. The summed E-state index contributed by atoms with van der Waals surface area (Å²) in [6.45, 7) is 6.18. The summed E-state index contributed by atoms with van der Waals surface area (Å²) in [4.78, 5) is 5.77. The summed E-state index contributed by atoms with van der Waals surface area (Å²) in [6.07, 6.45) is 2.04. The van der Waals surface area contributed by atoms with Gasteiger partial charge >= 0.3 is 0 Å². The van der Waals surface area contributed by atoms with Gasteiger partial charge in [-0.05, 0) is 48.3 Å². The molecular formula is C14H18BrN3S2. The first-order valence-corrected chi connectivity index (χ1v) is 9.10. The highest BCUT2D eigenvalue weighted by Crippen LogP contribution is 2.33. The minimum atomic E-state index is 0.884. The van der Waals surface area contributed by atoms with Crippen LogP contribution < -0.4 is 5.32 Å². The first-order valence-electron chi connectivity index (χ1n) is 6.72. The first-order chi connectivity index (χ1) is 9.72. The zero-order valence-corrected chi connectivity index (χ0v) is 14.9. The summed E-state index contributed by atoms with van der Waals surface area (Å²) < 4.78 is 6.47. The van der Waals surface area contributed by atoms with Crippen LogP contribution in [0.1, 0.15) is 31.7 Å². The zero-order valence-electron chi connectivity index (χ0n) is 11.6. The molecule has 108 valence electrons. The van der Waals surface area contributed by atoms with Gasteiger partial charge in [0.25, 0.3) is 0 Å². The number of hydrogen-bond acceptors (Lipinski definition) is 5. The van der Waals surface area contributed by atoms with Crippen LogP contribution in [0.5, 0.6) is 0 Å². The molecule has 0 radical (unpaired) electrons. The smallest absolute Gasteiger partial charge is 0.174 e. The van der Waals surface area contributed by atoms with Crippen LogP contribution in [0.4, 0.5) is 0 Å². The Hall–Kier alpha value is -0.430. The van der Waals surface area contributed by atoms with Crippen LogP contribution in [-0.2, 0) is 13.0 Å². The van der Waals surface area contributed by atoms with Gasteiger partial charge in [-0.3, -0.25) is 0 Å². The highest BCUT2D eigenvalue weighted by Gasteiger charge is 2.09. The van der Waals surface area contributed by atoms with E-state index in [0.29, 0.717) is 0 Å². The molecule has 1 heterocycles. The Morgan fingerprint density at radius 3 is 2.90 bits per heavy atom. The Morgan fingerprint density at radius 1 is 1.35 bits per heavy atom. The van der Waals surface area contributed by atoms with E-state index >= 15 is 0 Å². The molecule has 0 saturated heterocycles. The third-order valence-electron chi connectivity index (χ3n) is 2.73. The first kappa shape index (κ1) is 15.9. The lowest BCUT2D eigenvalue weighted by Gasteiger charge is -2.09. The van der Waals surface area contributed by atoms with Gasteiger partial charge in [0.15, 0.2) is 4.34 Å². The van der Waals surface area contributed by atoms with Crippen LogP contribution in [-0.4, -0.2) is 15.9 Å². The van der Waals surface area contributed by atoms with Crippen LogP contribution >= 0.6 is 39.2 Å². The SMILES string of the molecule is CCCNCc1cc(Br)ccc1Sc1nc(CC)ns1. The van der Waals surface area contributed by atoms with E-state index in [0.717, 1.165) is 40.6 Å². The van der Waals surface area contributed by atoms with Crippen molar-refractivity contribution in [2.24, 2.45) is 0 Å². The van der Waals surface area contributed by atoms with Crippen molar-refractivity contribution in [3.63, 3.8) is 0 Å². The molecule has 0 aliphatic carbocycles. The Morgan fingerprint density at radius 2 is 2.20 bits per heavy atom. The molecule has 1 N–H and O–H groups in total. The van der Waals surface area contributed by atoms with Crippen molar-refractivity contribution >= 4 is 39.2 Å². The number of nitrogens with one attached hydrogen (secondary N) is 1.